The van der Waals surface area contributed by atoms with Crippen LogP contribution in [-0.4, -0.2) is 34.7 Å². The first-order chi connectivity index (χ1) is 13.6. The van der Waals surface area contributed by atoms with Crippen molar-refractivity contribution in [2.75, 3.05) is 6.54 Å². The van der Waals surface area contributed by atoms with E-state index in [9.17, 15) is 14.7 Å². The molecule has 2 rings (SSSR count). The maximum atomic E-state index is 11.8. The van der Waals surface area contributed by atoms with Crippen molar-refractivity contribution in [3.8, 4) is 0 Å². The van der Waals surface area contributed by atoms with E-state index in [2.05, 4.69) is 50.4 Å². The largest absolute Gasteiger partial charge is 0.480 e. The van der Waals surface area contributed by atoms with Crippen LogP contribution >= 0.6 is 0 Å². The zero-order valence-electron chi connectivity index (χ0n) is 17.4. The van der Waals surface area contributed by atoms with Crippen LogP contribution in [0.4, 0.5) is 0 Å². The molecule has 0 aliphatic rings. The van der Waals surface area contributed by atoms with Crippen LogP contribution in [0.5, 0.6) is 0 Å². The number of carboxylic acid groups (broad SMARTS) is 1. The molecule has 0 aliphatic heterocycles. The maximum absolute atomic E-state index is 11.8. The fourth-order valence-electron chi connectivity index (χ4n) is 3.06. The zero-order valence-corrected chi connectivity index (χ0v) is 17.4. The van der Waals surface area contributed by atoms with Crippen LogP contribution in [0.2, 0.25) is 0 Å². The highest BCUT2D eigenvalue weighted by atomic mass is 16.4. The molecule has 2 aromatic rings. The van der Waals surface area contributed by atoms with Crippen molar-refractivity contribution in [1.29, 1.82) is 0 Å². The van der Waals surface area contributed by atoms with E-state index >= 15 is 0 Å². The number of nitrogens with one attached hydrogen (secondary N) is 1. The number of aliphatic hydroxyl groups excluding tert-OH is 1. The normalized spacial score (nSPS) is 12.4. The predicted molar refractivity (Wildman–Crippen MR) is 114 cm³/mol. The van der Waals surface area contributed by atoms with Gasteiger partial charge in [0, 0.05) is 5.56 Å². The highest BCUT2D eigenvalue weighted by Crippen LogP contribution is 2.22. The molecule has 1 unspecified atom stereocenters. The second-order valence-electron chi connectivity index (χ2n) is 8.45. The monoisotopic (exact) mass is 397 g/mol. The molecule has 0 aliphatic carbocycles. The van der Waals surface area contributed by atoms with Crippen molar-refractivity contribution in [1.82, 2.24) is 5.32 Å². The Bertz CT molecular complexity index is 804. The van der Waals surface area contributed by atoms with E-state index in [1.54, 1.807) is 12.1 Å². The van der Waals surface area contributed by atoms with Crippen LogP contribution in [0, 0.1) is 0 Å². The summed E-state index contributed by atoms with van der Waals surface area (Å²) in [7, 11) is 0. The second-order valence-corrected chi connectivity index (χ2v) is 8.45. The lowest BCUT2D eigenvalue weighted by Crippen LogP contribution is -2.29. The fourth-order valence-corrected chi connectivity index (χ4v) is 3.06. The first-order valence-corrected chi connectivity index (χ1v) is 10.0. The van der Waals surface area contributed by atoms with Crippen LogP contribution < -0.4 is 5.32 Å². The Labute approximate surface area is 172 Å². The molecule has 29 heavy (non-hydrogen) atoms. The number of carbonyl (C=O) groups excluding carboxylic acids is 1. The average molecular weight is 398 g/mol. The Morgan fingerprint density at radius 3 is 1.83 bits per heavy atom. The van der Waals surface area contributed by atoms with Gasteiger partial charge in [0.25, 0.3) is 5.91 Å². The molecule has 0 saturated heterocycles. The third-order valence-corrected chi connectivity index (χ3v) is 4.97. The van der Waals surface area contributed by atoms with Crippen molar-refractivity contribution in [2.24, 2.45) is 0 Å². The lowest BCUT2D eigenvalue weighted by molar-refractivity contribution is -0.135. The summed E-state index contributed by atoms with van der Waals surface area (Å²) in [5.74, 6) is -1.48. The molecule has 5 heteroatoms. The Morgan fingerprint density at radius 1 is 0.897 bits per heavy atom. The van der Waals surface area contributed by atoms with E-state index in [1.807, 2.05) is 12.1 Å². The number of rotatable bonds is 9. The van der Waals surface area contributed by atoms with Crippen LogP contribution in [0.25, 0.3) is 0 Å². The van der Waals surface area contributed by atoms with Crippen LogP contribution in [0.3, 0.4) is 0 Å². The summed E-state index contributed by atoms with van der Waals surface area (Å²) in [5, 5.41) is 21.2. The number of hydrogen-bond donors (Lipinski definition) is 3. The van der Waals surface area contributed by atoms with Gasteiger partial charge in [0.1, 0.15) is 6.54 Å². The minimum absolute atomic E-state index is 0.143. The number of aryl methyl sites for hydroxylation is 2. The molecule has 0 radical (unpaired) electrons. The minimum atomic E-state index is -1.07. The number of aliphatic carboxylic acids is 1. The number of amides is 1. The molecule has 1 amide bonds. The number of aliphatic hydroxyl groups is 1. The third kappa shape index (κ3) is 7.70. The number of carbonyl (C=O) groups is 2. The molecule has 0 heterocycles. The lowest BCUT2D eigenvalue weighted by Gasteiger charge is -2.19. The van der Waals surface area contributed by atoms with Crippen LogP contribution in [0.15, 0.2) is 48.5 Å². The molecule has 0 fully saturated rings. The van der Waals surface area contributed by atoms with Crippen molar-refractivity contribution < 1.29 is 19.8 Å². The SMILES string of the molecule is CC(C)(C)c1ccc(CCC(O)CCc2ccc(C(=O)NCC(=O)O)cc2)cc1. The van der Waals surface area contributed by atoms with E-state index in [-0.39, 0.29) is 11.5 Å². The van der Waals surface area contributed by atoms with Gasteiger partial charge < -0.3 is 15.5 Å². The van der Waals surface area contributed by atoms with Crippen LogP contribution in [0.1, 0.15) is 60.7 Å². The van der Waals surface area contributed by atoms with Gasteiger partial charge in [0.15, 0.2) is 0 Å². The molecule has 0 aromatic heterocycles. The Morgan fingerprint density at radius 2 is 1.38 bits per heavy atom. The standard InChI is InChI=1S/C24H31NO4/c1-24(2,3)20-12-6-18(7-13-20)9-15-21(26)14-8-17-4-10-19(11-5-17)23(29)25-16-22(27)28/h4-7,10-13,21,26H,8-9,14-16H2,1-3H3,(H,25,29)(H,27,28). The van der Waals surface area contributed by atoms with Crippen molar-refractivity contribution in [2.45, 2.75) is 58.0 Å². The number of carboxylic acids is 1. The zero-order chi connectivity index (χ0) is 21.4. The quantitative estimate of drug-likeness (QED) is 0.602. The van der Waals surface area contributed by atoms with Gasteiger partial charge in [0.2, 0.25) is 0 Å². The molecule has 5 nitrogen and oxygen atoms in total. The summed E-state index contributed by atoms with van der Waals surface area (Å²) in [6, 6.07) is 15.6. The predicted octanol–water partition coefficient (Wildman–Crippen LogP) is 3.72. The van der Waals surface area contributed by atoms with Crippen molar-refractivity contribution in [3.63, 3.8) is 0 Å². The van der Waals surface area contributed by atoms with Gasteiger partial charge in [0.05, 0.1) is 6.10 Å². The third-order valence-electron chi connectivity index (χ3n) is 4.97. The molecule has 2 aromatic carbocycles. The van der Waals surface area contributed by atoms with E-state index in [0.29, 0.717) is 18.4 Å². The summed E-state index contributed by atoms with van der Waals surface area (Å²) in [4.78, 5) is 22.3. The highest BCUT2D eigenvalue weighted by Gasteiger charge is 2.13. The Balaban J connectivity index is 1.76. The van der Waals surface area contributed by atoms with Crippen molar-refractivity contribution >= 4 is 11.9 Å². The second kappa shape index (κ2) is 10.2. The number of benzene rings is 2. The first kappa shape index (κ1) is 22.6. The van der Waals surface area contributed by atoms with Gasteiger partial charge in [-0.3, -0.25) is 9.59 Å². The number of hydrogen-bond acceptors (Lipinski definition) is 3. The first-order valence-electron chi connectivity index (χ1n) is 10.0. The molecular weight excluding hydrogens is 366 g/mol. The highest BCUT2D eigenvalue weighted by molar-refractivity contribution is 5.95. The molecule has 156 valence electrons. The molecule has 0 saturated carbocycles. The summed E-state index contributed by atoms with van der Waals surface area (Å²) in [6.07, 6.45) is 2.56. The van der Waals surface area contributed by atoms with Gasteiger partial charge in [-0.1, -0.05) is 57.2 Å². The maximum Gasteiger partial charge on any atom is 0.322 e. The van der Waals surface area contributed by atoms with E-state index in [0.717, 1.165) is 18.4 Å². The fraction of sp³-hybridized carbons (Fsp3) is 0.417. The molecule has 0 bridgehead atoms. The minimum Gasteiger partial charge on any atom is -0.480 e. The van der Waals surface area contributed by atoms with Crippen molar-refractivity contribution in [3.05, 3.63) is 70.8 Å². The molecule has 1 atom stereocenters. The topological polar surface area (TPSA) is 86.6 Å². The van der Waals surface area contributed by atoms with Crippen LogP contribution in [-0.2, 0) is 23.1 Å². The lowest BCUT2D eigenvalue weighted by atomic mass is 9.86. The molecule has 0 spiro atoms. The Hall–Kier alpha value is -2.66. The van der Waals surface area contributed by atoms with Gasteiger partial charge >= 0.3 is 5.97 Å². The van der Waals surface area contributed by atoms with Gasteiger partial charge in [-0.05, 0) is 59.9 Å². The summed E-state index contributed by atoms with van der Waals surface area (Å²) < 4.78 is 0. The molecular formula is C24H31NO4. The van der Waals surface area contributed by atoms with E-state index < -0.39 is 18.4 Å². The Kier molecular flexibility index (Phi) is 7.97. The smallest absolute Gasteiger partial charge is 0.322 e. The van der Waals surface area contributed by atoms with E-state index in [4.69, 9.17) is 5.11 Å². The average Bonchev–Trinajstić information content (AvgIpc) is 2.69. The summed E-state index contributed by atoms with van der Waals surface area (Å²) >= 11 is 0. The van der Waals surface area contributed by atoms with Gasteiger partial charge in [-0.15, -0.1) is 0 Å². The van der Waals surface area contributed by atoms with Gasteiger partial charge in [-0.25, -0.2) is 0 Å². The van der Waals surface area contributed by atoms with Gasteiger partial charge in [-0.2, -0.15) is 0 Å². The molecule has 3 N–H and O–H groups in total. The summed E-state index contributed by atoms with van der Waals surface area (Å²) in [6.45, 7) is 6.19. The summed E-state index contributed by atoms with van der Waals surface area (Å²) in [5.41, 5.74) is 4.14. The van der Waals surface area contributed by atoms with E-state index in [1.165, 1.54) is 11.1 Å².